The molecule has 0 spiro atoms. The van der Waals surface area contributed by atoms with E-state index in [2.05, 4.69) is 11.9 Å². The maximum absolute atomic E-state index is 9.67. The van der Waals surface area contributed by atoms with Crippen LogP contribution in [0, 0.1) is 0 Å². The molecule has 0 amide bonds. The van der Waals surface area contributed by atoms with E-state index in [0.29, 0.717) is 6.54 Å². The molecule has 1 unspecified atom stereocenters. The molecule has 0 radical (unpaired) electrons. The quantitative estimate of drug-likeness (QED) is 0.517. The maximum atomic E-state index is 9.67. The summed E-state index contributed by atoms with van der Waals surface area (Å²) in [5.41, 5.74) is 0. The highest BCUT2D eigenvalue weighted by Gasteiger charge is 2.04. The fourth-order valence-electron chi connectivity index (χ4n) is 1.40. The number of benzene rings is 1. The summed E-state index contributed by atoms with van der Waals surface area (Å²) in [6.45, 7) is 5.24. The second kappa shape index (κ2) is 8.55. The molecule has 4 nitrogen and oxygen atoms in total. The van der Waals surface area contributed by atoms with E-state index in [1.54, 1.807) is 7.11 Å². The van der Waals surface area contributed by atoms with E-state index in [-0.39, 0.29) is 6.61 Å². The van der Waals surface area contributed by atoms with Gasteiger partial charge in [0, 0.05) is 6.54 Å². The normalized spacial score (nSPS) is 11.9. The summed E-state index contributed by atoms with van der Waals surface area (Å²) in [7, 11) is 1.62. The van der Waals surface area contributed by atoms with Gasteiger partial charge in [0.1, 0.15) is 24.2 Å². The van der Waals surface area contributed by atoms with Crippen LogP contribution >= 0.6 is 0 Å². The summed E-state index contributed by atoms with van der Waals surface area (Å²) in [6, 6.07) is 7.28. The highest BCUT2D eigenvalue weighted by atomic mass is 16.5. The van der Waals surface area contributed by atoms with E-state index >= 15 is 0 Å². The number of hydrogen-bond acceptors (Lipinski definition) is 4. The largest absolute Gasteiger partial charge is 0.497 e. The Kier molecular flexibility index (Phi) is 6.91. The third-order valence-electron chi connectivity index (χ3n) is 2.41. The summed E-state index contributed by atoms with van der Waals surface area (Å²) >= 11 is 0. The van der Waals surface area contributed by atoms with Crippen molar-refractivity contribution in [2.75, 3.05) is 26.8 Å². The molecule has 0 aliphatic rings. The lowest BCUT2D eigenvalue weighted by molar-refractivity contribution is 0.106. The van der Waals surface area contributed by atoms with Gasteiger partial charge in [-0.2, -0.15) is 0 Å². The van der Waals surface area contributed by atoms with Gasteiger partial charge in [-0.1, -0.05) is 6.08 Å². The van der Waals surface area contributed by atoms with Gasteiger partial charge in [-0.15, -0.1) is 6.58 Å². The van der Waals surface area contributed by atoms with E-state index < -0.39 is 6.10 Å². The SMILES string of the molecule is C=CCCNCC(O)COc1ccc(OC)cc1. The maximum Gasteiger partial charge on any atom is 0.119 e. The van der Waals surface area contributed by atoms with Gasteiger partial charge in [0.15, 0.2) is 0 Å². The molecule has 0 aliphatic heterocycles. The first-order chi connectivity index (χ1) is 8.76. The Hall–Kier alpha value is -1.52. The fraction of sp³-hybridized carbons (Fsp3) is 0.429. The van der Waals surface area contributed by atoms with Gasteiger partial charge in [-0.3, -0.25) is 0 Å². The number of nitrogens with one attached hydrogen (secondary N) is 1. The average molecular weight is 251 g/mol. The Morgan fingerprint density at radius 2 is 2.00 bits per heavy atom. The minimum absolute atomic E-state index is 0.271. The predicted octanol–water partition coefficient (Wildman–Crippen LogP) is 1.60. The van der Waals surface area contributed by atoms with Crippen LogP contribution in [0.25, 0.3) is 0 Å². The summed E-state index contributed by atoms with van der Waals surface area (Å²) < 4.78 is 10.5. The van der Waals surface area contributed by atoms with Gasteiger partial charge in [-0.25, -0.2) is 0 Å². The average Bonchev–Trinajstić information content (AvgIpc) is 2.42. The minimum atomic E-state index is -0.517. The van der Waals surface area contributed by atoms with Gasteiger partial charge in [0.05, 0.1) is 7.11 Å². The van der Waals surface area contributed by atoms with Crippen LogP contribution in [0.5, 0.6) is 11.5 Å². The Balaban J connectivity index is 2.20. The molecule has 0 aromatic heterocycles. The zero-order chi connectivity index (χ0) is 13.2. The van der Waals surface area contributed by atoms with Gasteiger partial charge in [0.25, 0.3) is 0 Å². The summed E-state index contributed by atoms with van der Waals surface area (Å²) in [5.74, 6) is 1.51. The molecular formula is C14H21NO3. The number of aliphatic hydroxyl groups is 1. The lowest BCUT2D eigenvalue weighted by atomic mass is 10.3. The highest BCUT2D eigenvalue weighted by Crippen LogP contribution is 2.16. The van der Waals surface area contributed by atoms with Crippen LogP contribution in [0.2, 0.25) is 0 Å². The number of hydrogen-bond donors (Lipinski definition) is 2. The summed E-state index contributed by atoms with van der Waals surface area (Å²) in [6.07, 6.45) is 2.22. The first-order valence-electron chi connectivity index (χ1n) is 6.02. The lowest BCUT2D eigenvalue weighted by Crippen LogP contribution is -2.31. The van der Waals surface area contributed by atoms with E-state index in [0.717, 1.165) is 24.5 Å². The van der Waals surface area contributed by atoms with Gasteiger partial charge >= 0.3 is 0 Å². The van der Waals surface area contributed by atoms with Crippen LogP contribution in [-0.2, 0) is 0 Å². The Morgan fingerprint density at radius 1 is 1.33 bits per heavy atom. The first kappa shape index (κ1) is 14.5. The minimum Gasteiger partial charge on any atom is -0.497 e. The molecule has 1 rings (SSSR count). The zero-order valence-corrected chi connectivity index (χ0v) is 10.8. The second-order valence-electron chi connectivity index (χ2n) is 3.92. The van der Waals surface area contributed by atoms with Crippen molar-refractivity contribution < 1.29 is 14.6 Å². The van der Waals surface area contributed by atoms with E-state index in [1.807, 2.05) is 30.3 Å². The topological polar surface area (TPSA) is 50.7 Å². The Morgan fingerprint density at radius 3 is 2.61 bits per heavy atom. The van der Waals surface area contributed by atoms with E-state index in [9.17, 15) is 5.11 Å². The van der Waals surface area contributed by atoms with Crippen LogP contribution in [0.1, 0.15) is 6.42 Å². The Bertz CT molecular complexity index is 337. The van der Waals surface area contributed by atoms with Crippen molar-refractivity contribution in [3.63, 3.8) is 0 Å². The highest BCUT2D eigenvalue weighted by molar-refractivity contribution is 5.31. The van der Waals surface area contributed by atoms with E-state index in [4.69, 9.17) is 9.47 Å². The van der Waals surface area contributed by atoms with Crippen LogP contribution in [0.15, 0.2) is 36.9 Å². The summed E-state index contributed by atoms with van der Waals surface area (Å²) in [5, 5.41) is 12.8. The molecule has 0 aliphatic carbocycles. The number of aliphatic hydroxyl groups excluding tert-OH is 1. The zero-order valence-electron chi connectivity index (χ0n) is 10.8. The molecule has 0 saturated carbocycles. The standard InChI is InChI=1S/C14H21NO3/c1-3-4-9-15-10-12(16)11-18-14-7-5-13(17-2)6-8-14/h3,5-8,12,15-16H,1,4,9-11H2,2H3. The van der Waals surface area contributed by atoms with Crippen molar-refractivity contribution in [3.05, 3.63) is 36.9 Å². The predicted molar refractivity (Wildman–Crippen MR) is 72.2 cm³/mol. The molecule has 1 aromatic rings. The molecule has 0 bridgehead atoms. The van der Waals surface area contributed by atoms with Crippen LogP contribution in [0.4, 0.5) is 0 Å². The van der Waals surface area contributed by atoms with Crippen molar-refractivity contribution in [3.8, 4) is 11.5 Å². The van der Waals surface area contributed by atoms with Crippen molar-refractivity contribution in [2.45, 2.75) is 12.5 Å². The molecule has 100 valence electrons. The third kappa shape index (κ3) is 5.70. The van der Waals surface area contributed by atoms with Gasteiger partial charge in [0.2, 0.25) is 0 Å². The molecule has 18 heavy (non-hydrogen) atoms. The first-order valence-corrected chi connectivity index (χ1v) is 6.02. The monoisotopic (exact) mass is 251 g/mol. The molecule has 0 heterocycles. The Labute approximate surface area is 108 Å². The van der Waals surface area contributed by atoms with Gasteiger partial charge < -0.3 is 19.9 Å². The molecule has 1 aromatic carbocycles. The molecule has 2 N–H and O–H groups in total. The van der Waals surface area contributed by atoms with Crippen LogP contribution in [-0.4, -0.2) is 38.0 Å². The fourth-order valence-corrected chi connectivity index (χ4v) is 1.40. The third-order valence-corrected chi connectivity index (χ3v) is 2.41. The number of methoxy groups -OCH3 is 1. The van der Waals surface area contributed by atoms with Gasteiger partial charge in [-0.05, 0) is 37.2 Å². The molecular weight excluding hydrogens is 230 g/mol. The molecule has 0 fully saturated rings. The van der Waals surface area contributed by atoms with Crippen molar-refractivity contribution in [2.24, 2.45) is 0 Å². The number of rotatable bonds is 9. The number of ether oxygens (including phenoxy) is 2. The van der Waals surface area contributed by atoms with E-state index in [1.165, 1.54) is 0 Å². The van der Waals surface area contributed by atoms with Crippen LogP contribution < -0.4 is 14.8 Å². The van der Waals surface area contributed by atoms with Crippen molar-refractivity contribution >= 4 is 0 Å². The summed E-state index contributed by atoms with van der Waals surface area (Å²) in [4.78, 5) is 0. The smallest absolute Gasteiger partial charge is 0.119 e. The van der Waals surface area contributed by atoms with Crippen LogP contribution in [0.3, 0.4) is 0 Å². The van der Waals surface area contributed by atoms with Crippen molar-refractivity contribution in [1.82, 2.24) is 5.32 Å². The lowest BCUT2D eigenvalue weighted by Gasteiger charge is -2.13. The van der Waals surface area contributed by atoms with Crippen molar-refractivity contribution in [1.29, 1.82) is 0 Å². The molecule has 0 saturated heterocycles. The molecule has 1 atom stereocenters. The molecule has 4 heteroatoms. The second-order valence-corrected chi connectivity index (χ2v) is 3.92.